The van der Waals surface area contributed by atoms with Crippen molar-refractivity contribution in [2.24, 2.45) is 0 Å². The van der Waals surface area contributed by atoms with E-state index in [-0.39, 0.29) is 23.6 Å². The third-order valence-corrected chi connectivity index (χ3v) is 6.40. The Kier molecular flexibility index (Phi) is 4.08. The number of rotatable bonds is 4. The number of nitrogens with zero attached hydrogens (tertiary/aromatic N) is 5. The molecule has 0 radical (unpaired) electrons. The summed E-state index contributed by atoms with van der Waals surface area (Å²) in [6.45, 7) is 2.05. The minimum atomic E-state index is -3.00. The molecule has 134 valence electrons. The Bertz CT molecular complexity index is 839. The Morgan fingerprint density at radius 3 is 3.00 bits per heavy atom. The first-order chi connectivity index (χ1) is 12.0. The van der Waals surface area contributed by atoms with Crippen LogP contribution in [0.4, 0.5) is 11.8 Å². The van der Waals surface area contributed by atoms with E-state index in [2.05, 4.69) is 30.2 Å². The summed E-state index contributed by atoms with van der Waals surface area (Å²) in [5.74, 6) is 2.56. The van der Waals surface area contributed by atoms with Crippen molar-refractivity contribution in [3.8, 4) is 0 Å². The van der Waals surface area contributed by atoms with Gasteiger partial charge in [0.25, 0.3) is 0 Å². The molecule has 2 aliphatic heterocycles. The fourth-order valence-corrected chi connectivity index (χ4v) is 5.47. The van der Waals surface area contributed by atoms with Crippen LogP contribution >= 0.6 is 0 Å². The summed E-state index contributed by atoms with van der Waals surface area (Å²) < 4.78 is 24.0. The number of H-pyrrole nitrogens is 1. The van der Waals surface area contributed by atoms with Gasteiger partial charge in [-0.15, -0.1) is 0 Å². The van der Waals surface area contributed by atoms with Crippen LogP contribution in [0.1, 0.15) is 5.82 Å². The van der Waals surface area contributed by atoms with E-state index in [1.807, 2.05) is 18.0 Å². The van der Waals surface area contributed by atoms with Crippen molar-refractivity contribution in [2.45, 2.75) is 18.6 Å². The van der Waals surface area contributed by atoms with Gasteiger partial charge in [-0.3, -0.25) is 0 Å². The quantitative estimate of drug-likeness (QED) is 0.742. The molecule has 0 unspecified atom stereocenters. The molecule has 0 aromatic carbocycles. The maximum absolute atomic E-state index is 12.0. The summed E-state index contributed by atoms with van der Waals surface area (Å²) in [6.07, 6.45) is 5.21. The number of fused-ring (bicyclic) bond motifs is 1. The minimum Gasteiger partial charge on any atom is -0.350 e. The van der Waals surface area contributed by atoms with Gasteiger partial charge in [0.2, 0.25) is 5.95 Å². The highest BCUT2D eigenvalue weighted by Gasteiger charge is 2.43. The molecular weight excluding hydrogens is 342 g/mol. The van der Waals surface area contributed by atoms with Gasteiger partial charge in [0.15, 0.2) is 9.84 Å². The van der Waals surface area contributed by atoms with Crippen LogP contribution in [0, 0.1) is 0 Å². The topological polar surface area (TPSA) is 107 Å². The summed E-state index contributed by atoms with van der Waals surface area (Å²) >= 11 is 0. The Balaban J connectivity index is 1.56. The Hall–Kier alpha value is -2.20. The number of imidazole rings is 1. The molecule has 0 saturated carbocycles. The lowest BCUT2D eigenvalue weighted by Crippen LogP contribution is -2.57. The lowest BCUT2D eigenvalue weighted by atomic mass is 10.1. The average molecular weight is 363 g/mol. The van der Waals surface area contributed by atoms with Gasteiger partial charge in [0, 0.05) is 44.8 Å². The van der Waals surface area contributed by atoms with Crippen LogP contribution in [0.2, 0.25) is 0 Å². The number of aromatic nitrogens is 4. The molecule has 4 rings (SSSR count). The average Bonchev–Trinajstić information content (AvgIpc) is 3.20. The van der Waals surface area contributed by atoms with Gasteiger partial charge in [0.05, 0.1) is 24.1 Å². The van der Waals surface area contributed by atoms with Crippen LogP contribution in [-0.2, 0) is 16.4 Å². The van der Waals surface area contributed by atoms with Crippen LogP contribution in [0.15, 0.2) is 24.7 Å². The molecule has 2 atom stereocenters. The van der Waals surface area contributed by atoms with Crippen molar-refractivity contribution < 1.29 is 8.42 Å². The number of nitrogens with one attached hydrogen (secondary N) is 2. The normalized spacial score (nSPS) is 24.9. The van der Waals surface area contributed by atoms with Gasteiger partial charge in [0.1, 0.15) is 11.6 Å². The predicted octanol–water partition coefficient (Wildman–Crippen LogP) is -0.589. The lowest BCUT2D eigenvalue weighted by Gasteiger charge is -2.38. The number of aromatic amines is 1. The van der Waals surface area contributed by atoms with Gasteiger partial charge in [-0.25, -0.2) is 18.4 Å². The standard InChI is InChI=1S/C15H21N7O2S/c1-21(8-13-17-4-5-18-13)15-19-3-2-14(20-15)22-7-6-16-11-9-25(23,24)10-12(11)22/h2-5,11-12,16H,6-10H2,1H3,(H,17,18)/t11-,12+/m0/s1. The van der Waals surface area contributed by atoms with Crippen LogP contribution in [-0.4, -0.2) is 72.1 Å². The molecule has 2 saturated heterocycles. The van der Waals surface area contributed by atoms with Crippen molar-refractivity contribution in [1.29, 1.82) is 0 Å². The van der Waals surface area contributed by atoms with E-state index in [0.717, 1.165) is 24.7 Å². The Labute approximate surface area is 146 Å². The smallest absolute Gasteiger partial charge is 0.227 e. The number of hydrogen-bond donors (Lipinski definition) is 2. The first kappa shape index (κ1) is 16.3. The van der Waals surface area contributed by atoms with Crippen molar-refractivity contribution in [1.82, 2.24) is 25.3 Å². The molecule has 2 aromatic rings. The van der Waals surface area contributed by atoms with Crippen molar-refractivity contribution in [3.63, 3.8) is 0 Å². The minimum absolute atomic E-state index is 0.0296. The fraction of sp³-hybridized carbons (Fsp3) is 0.533. The third kappa shape index (κ3) is 3.31. The molecule has 2 aliphatic rings. The molecule has 10 heteroatoms. The molecule has 25 heavy (non-hydrogen) atoms. The summed E-state index contributed by atoms with van der Waals surface area (Å²) in [5, 5.41) is 3.32. The molecule has 0 bridgehead atoms. The van der Waals surface area contributed by atoms with Gasteiger partial charge in [-0.2, -0.15) is 4.98 Å². The summed E-state index contributed by atoms with van der Waals surface area (Å²) in [7, 11) is -1.10. The molecule has 0 aliphatic carbocycles. The number of hydrogen-bond acceptors (Lipinski definition) is 8. The summed E-state index contributed by atoms with van der Waals surface area (Å²) in [6, 6.07) is 1.74. The first-order valence-corrected chi connectivity index (χ1v) is 10.1. The Morgan fingerprint density at radius 2 is 2.20 bits per heavy atom. The van der Waals surface area contributed by atoms with Crippen LogP contribution in [0.3, 0.4) is 0 Å². The second-order valence-electron chi connectivity index (χ2n) is 6.51. The number of piperazine rings is 1. The van der Waals surface area contributed by atoms with Crippen LogP contribution in [0.5, 0.6) is 0 Å². The predicted molar refractivity (Wildman–Crippen MR) is 94.3 cm³/mol. The largest absolute Gasteiger partial charge is 0.350 e. The zero-order valence-electron chi connectivity index (χ0n) is 14.0. The van der Waals surface area contributed by atoms with Gasteiger partial charge in [-0.1, -0.05) is 0 Å². The Morgan fingerprint density at radius 1 is 1.32 bits per heavy atom. The maximum Gasteiger partial charge on any atom is 0.227 e. The summed E-state index contributed by atoms with van der Waals surface area (Å²) in [4.78, 5) is 20.3. The second kappa shape index (κ2) is 6.26. The van der Waals surface area contributed by atoms with E-state index in [4.69, 9.17) is 0 Å². The number of sulfone groups is 1. The van der Waals surface area contributed by atoms with Crippen molar-refractivity contribution in [2.75, 3.05) is 41.4 Å². The fourth-order valence-electron chi connectivity index (χ4n) is 3.51. The highest BCUT2D eigenvalue weighted by Crippen LogP contribution is 2.26. The maximum atomic E-state index is 12.0. The highest BCUT2D eigenvalue weighted by molar-refractivity contribution is 7.91. The zero-order valence-corrected chi connectivity index (χ0v) is 14.8. The number of anilines is 2. The van der Waals surface area contributed by atoms with Crippen molar-refractivity contribution >= 4 is 21.6 Å². The second-order valence-corrected chi connectivity index (χ2v) is 8.66. The van der Waals surface area contributed by atoms with Crippen molar-refractivity contribution in [3.05, 3.63) is 30.5 Å². The molecule has 0 spiro atoms. The van der Waals surface area contributed by atoms with Gasteiger partial charge in [-0.05, 0) is 6.07 Å². The molecule has 4 heterocycles. The summed E-state index contributed by atoms with van der Waals surface area (Å²) in [5.41, 5.74) is 0. The molecule has 2 aromatic heterocycles. The first-order valence-electron chi connectivity index (χ1n) is 8.25. The third-order valence-electron chi connectivity index (χ3n) is 4.69. The van der Waals surface area contributed by atoms with E-state index in [1.165, 1.54) is 0 Å². The van der Waals surface area contributed by atoms with Gasteiger partial charge < -0.3 is 20.1 Å². The van der Waals surface area contributed by atoms with E-state index >= 15 is 0 Å². The molecule has 2 fully saturated rings. The molecule has 9 nitrogen and oxygen atoms in total. The van der Waals surface area contributed by atoms with Gasteiger partial charge >= 0.3 is 0 Å². The zero-order chi connectivity index (χ0) is 17.4. The monoisotopic (exact) mass is 363 g/mol. The van der Waals surface area contributed by atoms with E-state index in [9.17, 15) is 8.42 Å². The van der Waals surface area contributed by atoms with E-state index < -0.39 is 9.84 Å². The highest BCUT2D eigenvalue weighted by atomic mass is 32.2. The van der Waals surface area contributed by atoms with E-state index in [1.54, 1.807) is 18.6 Å². The SMILES string of the molecule is CN(Cc1ncc[nH]1)c1nccc(N2CCN[C@H]3CS(=O)(=O)C[C@H]32)n1. The van der Waals surface area contributed by atoms with Crippen LogP contribution in [0.25, 0.3) is 0 Å². The van der Waals surface area contributed by atoms with E-state index in [0.29, 0.717) is 12.5 Å². The van der Waals surface area contributed by atoms with Crippen LogP contribution < -0.4 is 15.1 Å². The molecule has 0 amide bonds. The lowest BCUT2D eigenvalue weighted by molar-refractivity contribution is 0.422. The molecule has 2 N–H and O–H groups in total. The molecular formula is C15H21N7O2S.